The lowest BCUT2D eigenvalue weighted by Gasteiger charge is -2.40. The fourth-order valence-electron chi connectivity index (χ4n) is 3.21. The summed E-state index contributed by atoms with van der Waals surface area (Å²) in [4.78, 5) is 0. The van der Waals surface area contributed by atoms with E-state index in [0.717, 1.165) is 31.5 Å². The van der Waals surface area contributed by atoms with Crippen LogP contribution in [0, 0.1) is 5.92 Å². The predicted molar refractivity (Wildman–Crippen MR) is 76.9 cm³/mol. The molecule has 0 bridgehead atoms. The van der Waals surface area contributed by atoms with Crippen LogP contribution in [0.3, 0.4) is 0 Å². The fourth-order valence-corrected chi connectivity index (χ4v) is 3.21. The lowest BCUT2D eigenvalue weighted by atomic mass is 9.77. The van der Waals surface area contributed by atoms with Crippen LogP contribution in [0.1, 0.15) is 71.6 Å². The molecule has 2 fully saturated rings. The van der Waals surface area contributed by atoms with Gasteiger partial charge in [-0.2, -0.15) is 0 Å². The van der Waals surface area contributed by atoms with Crippen molar-refractivity contribution in [2.24, 2.45) is 5.92 Å². The molecule has 0 spiro atoms. The highest BCUT2D eigenvalue weighted by molar-refractivity contribution is 4.92. The molecule has 2 saturated carbocycles. The van der Waals surface area contributed by atoms with E-state index >= 15 is 0 Å². The standard InChI is InChI=1S/C16H31NO/c1-3-5-14-8-10-16(11-9-14,18-12-4-2)13-17-15-6-7-15/h14-15,17H,3-13H2,1-2H3. The Labute approximate surface area is 113 Å². The molecular weight excluding hydrogens is 222 g/mol. The third-order valence-electron chi connectivity index (χ3n) is 4.62. The Morgan fingerprint density at radius 1 is 1.06 bits per heavy atom. The van der Waals surface area contributed by atoms with Gasteiger partial charge in [-0.05, 0) is 50.9 Å². The van der Waals surface area contributed by atoms with E-state index in [1.54, 1.807) is 0 Å². The Morgan fingerprint density at radius 2 is 1.78 bits per heavy atom. The molecule has 0 aliphatic heterocycles. The van der Waals surface area contributed by atoms with Gasteiger partial charge >= 0.3 is 0 Å². The summed E-state index contributed by atoms with van der Waals surface area (Å²) >= 11 is 0. The van der Waals surface area contributed by atoms with Crippen LogP contribution < -0.4 is 5.32 Å². The van der Waals surface area contributed by atoms with E-state index in [9.17, 15) is 0 Å². The lowest BCUT2D eigenvalue weighted by Crippen LogP contribution is -2.46. The minimum absolute atomic E-state index is 0.169. The number of rotatable bonds is 8. The van der Waals surface area contributed by atoms with Crippen LogP contribution in [0.5, 0.6) is 0 Å². The monoisotopic (exact) mass is 253 g/mol. The van der Waals surface area contributed by atoms with Gasteiger partial charge < -0.3 is 10.1 Å². The Kier molecular flexibility index (Phi) is 5.50. The van der Waals surface area contributed by atoms with Crippen LogP contribution in [0.15, 0.2) is 0 Å². The molecular formula is C16H31NO. The summed E-state index contributed by atoms with van der Waals surface area (Å²) in [6.07, 6.45) is 12.0. The van der Waals surface area contributed by atoms with Crippen LogP contribution in [0.4, 0.5) is 0 Å². The zero-order valence-electron chi connectivity index (χ0n) is 12.3. The smallest absolute Gasteiger partial charge is 0.0806 e. The number of ether oxygens (including phenoxy) is 1. The molecule has 0 saturated heterocycles. The first-order chi connectivity index (χ1) is 8.78. The molecule has 0 aromatic heterocycles. The highest BCUT2D eigenvalue weighted by Crippen LogP contribution is 2.37. The van der Waals surface area contributed by atoms with Gasteiger partial charge in [-0.25, -0.2) is 0 Å². The first-order valence-corrected chi connectivity index (χ1v) is 8.15. The molecule has 106 valence electrons. The van der Waals surface area contributed by atoms with E-state index in [0.29, 0.717) is 0 Å². The SMILES string of the molecule is CCCOC1(CNC2CC2)CCC(CCC)CC1. The summed E-state index contributed by atoms with van der Waals surface area (Å²) in [7, 11) is 0. The molecule has 0 radical (unpaired) electrons. The third kappa shape index (κ3) is 4.24. The van der Waals surface area contributed by atoms with E-state index in [1.165, 1.54) is 51.4 Å². The normalized spacial score (nSPS) is 32.7. The molecule has 0 heterocycles. The molecule has 0 unspecified atom stereocenters. The van der Waals surface area contributed by atoms with Gasteiger partial charge in [0.25, 0.3) is 0 Å². The summed E-state index contributed by atoms with van der Waals surface area (Å²) in [5, 5.41) is 3.70. The summed E-state index contributed by atoms with van der Waals surface area (Å²) in [5.74, 6) is 0.967. The number of hydrogen-bond donors (Lipinski definition) is 1. The molecule has 2 heteroatoms. The zero-order chi connectivity index (χ0) is 12.8. The maximum Gasteiger partial charge on any atom is 0.0806 e. The highest BCUT2D eigenvalue weighted by atomic mass is 16.5. The number of nitrogens with one attached hydrogen (secondary N) is 1. The quantitative estimate of drug-likeness (QED) is 0.708. The molecule has 2 nitrogen and oxygen atoms in total. The second-order valence-corrected chi connectivity index (χ2v) is 6.42. The zero-order valence-corrected chi connectivity index (χ0v) is 12.3. The Morgan fingerprint density at radius 3 is 2.33 bits per heavy atom. The molecule has 2 aliphatic rings. The van der Waals surface area contributed by atoms with Gasteiger partial charge in [0.2, 0.25) is 0 Å². The van der Waals surface area contributed by atoms with Crippen LogP contribution in [-0.4, -0.2) is 24.8 Å². The maximum atomic E-state index is 6.26. The summed E-state index contributed by atoms with van der Waals surface area (Å²) in [6.45, 7) is 6.55. The van der Waals surface area contributed by atoms with Gasteiger partial charge in [0.1, 0.15) is 0 Å². The van der Waals surface area contributed by atoms with Crippen molar-refractivity contribution in [3.8, 4) is 0 Å². The first kappa shape index (κ1) is 14.3. The summed E-state index contributed by atoms with van der Waals surface area (Å²) in [6, 6.07) is 0.806. The van der Waals surface area contributed by atoms with Gasteiger partial charge in [-0.3, -0.25) is 0 Å². The van der Waals surface area contributed by atoms with Gasteiger partial charge in [-0.15, -0.1) is 0 Å². The predicted octanol–water partition coefficient (Wildman–Crippen LogP) is 3.89. The molecule has 0 amide bonds. The van der Waals surface area contributed by atoms with Crippen molar-refractivity contribution in [2.45, 2.75) is 83.3 Å². The van der Waals surface area contributed by atoms with Crippen molar-refractivity contribution in [3.63, 3.8) is 0 Å². The van der Waals surface area contributed by atoms with Crippen LogP contribution in [-0.2, 0) is 4.74 Å². The van der Waals surface area contributed by atoms with Crippen LogP contribution in [0.2, 0.25) is 0 Å². The molecule has 0 aromatic carbocycles. The van der Waals surface area contributed by atoms with Gasteiger partial charge in [0, 0.05) is 19.2 Å². The Balaban J connectivity index is 1.80. The van der Waals surface area contributed by atoms with E-state index in [4.69, 9.17) is 4.74 Å². The van der Waals surface area contributed by atoms with Gasteiger partial charge in [-0.1, -0.05) is 26.7 Å². The van der Waals surface area contributed by atoms with Crippen molar-refractivity contribution in [1.29, 1.82) is 0 Å². The van der Waals surface area contributed by atoms with Crippen LogP contribution in [0.25, 0.3) is 0 Å². The fraction of sp³-hybridized carbons (Fsp3) is 1.00. The highest BCUT2D eigenvalue weighted by Gasteiger charge is 2.37. The molecule has 1 N–H and O–H groups in total. The third-order valence-corrected chi connectivity index (χ3v) is 4.62. The van der Waals surface area contributed by atoms with Gasteiger partial charge in [0.05, 0.1) is 5.60 Å². The van der Waals surface area contributed by atoms with E-state index in [-0.39, 0.29) is 5.60 Å². The second-order valence-electron chi connectivity index (χ2n) is 6.42. The van der Waals surface area contributed by atoms with Crippen molar-refractivity contribution in [3.05, 3.63) is 0 Å². The topological polar surface area (TPSA) is 21.3 Å². The number of hydrogen-bond acceptors (Lipinski definition) is 2. The largest absolute Gasteiger partial charge is 0.374 e. The molecule has 0 aromatic rings. The average molecular weight is 253 g/mol. The minimum atomic E-state index is 0.169. The van der Waals surface area contributed by atoms with Crippen molar-refractivity contribution >= 4 is 0 Å². The summed E-state index contributed by atoms with van der Waals surface area (Å²) < 4.78 is 6.26. The van der Waals surface area contributed by atoms with Crippen molar-refractivity contribution < 1.29 is 4.74 Å². The van der Waals surface area contributed by atoms with E-state index in [1.807, 2.05) is 0 Å². The van der Waals surface area contributed by atoms with Crippen molar-refractivity contribution in [2.75, 3.05) is 13.2 Å². The van der Waals surface area contributed by atoms with E-state index in [2.05, 4.69) is 19.2 Å². The molecule has 0 atom stereocenters. The van der Waals surface area contributed by atoms with E-state index < -0.39 is 0 Å². The average Bonchev–Trinajstić information content (AvgIpc) is 3.21. The minimum Gasteiger partial charge on any atom is -0.374 e. The first-order valence-electron chi connectivity index (χ1n) is 8.15. The summed E-state index contributed by atoms with van der Waals surface area (Å²) in [5.41, 5.74) is 0.169. The molecule has 18 heavy (non-hydrogen) atoms. The molecule has 2 aliphatic carbocycles. The Bertz CT molecular complexity index is 229. The van der Waals surface area contributed by atoms with Crippen molar-refractivity contribution in [1.82, 2.24) is 5.32 Å². The lowest BCUT2D eigenvalue weighted by molar-refractivity contribution is -0.0768. The van der Waals surface area contributed by atoms with Crippen LogP contribution >= 0.6 is 0 Å². The maximum absolute atomic E-state index is 6.26. The molecule has 2 rings (SSSR count). The Hall–Kier alpha value is -0.0800. The van der Waals surface area contributed by atoms with Gasteiger partial charge in [0.15, 0.2) is 0 Å². The second kappa shape index (κ2) is 6.91.